The fourth-order valence-corrected chi connectivity index (χ4v) is 7.20. The van der Waals surface area contributed by atoms with Gasteiger partial charge in [0.1, 0.15) is 11.6 Å². The van der Waals surface area contributed by atoms with Crippen molar-refractivity contribution in [2.24, 2.45) is 17.8 Å². The third kappa shape index (κ3) is 4.55. The summed E-state index contributed by atoms with van der Waals surface area (Å²) in [5.41, 5.74) is 2.91. The molecule has 204 valence electrons. The van der Waals surface area contributed by atoms with Gasteiger partial charge in [-0.15, -0.1) is 0 Å². The summed E-state index contributed by atoms with van der Waals surface area (Å²) >= 11 is 0. The molecular formula is C31H39N7O. The van der Waals surface area contributed by atoms with Crippen molar-refractivity contribution in [2.45, 2.75) is 76.9 Å². The molecule has 39 heavy (non-hydrogen) atoms. The van der Waals surface area contributed by atoms with Crippen molar-refractivity contribution in [3.8, 4) is 6.07 Å². The Bertz CT molecular complexity index is 1350. The molecule has 8 heteroatoms. The van der Waals surface area contributed by atoms with E-state index in [0.29, 0.717) is 30.8 Å². The smallest absolute Gasteiger partial charge is 0.236 e. The number of rotatable bonds is 6. The zero-order valence-corrected chi connectivity index (χ0v) is 23.0. The van der Waals surface area contributed by atoms with Crippen molar-refractivity contribution in [1.29, 1.82) is 5.26 Å². The summed E-state index contributed by atoms with van der Waals surface area (Å²) < 4.78 is 8.42. The maximum absolute atomic E-state index is 9.87. The van der Waals surface area contributed by atoms with E-state index in [9.17, 15) is 5.26 Å². The number of fused-ring (bicyclic) bond motifs is 1. The predicted octanol–water partition coefficient (Wildman–Crippen LogP) is 5.48. The molecule has 0 radical (unpaired) electrons. The van der Waals surface area contributed by atoms with E-state index in [0.717, 1.165) is 48.8 Å². The van der Waals surface area contributed by atoms with Gasteiger partial charge in [0, 0.05) is 25.7 Å². The molecule has 0 unspecified atom stereocenters. The summed E-state index contributed by atoms with van der Waals surface area (Å²) in [5, 5.41) is 9.87. The predicted molar refractivity (Wildman–Crippen MR) is 152 cm³/mol. The topological polar surface area (TPSA) is 83.1 Å². The van der Waals surface area contributed by atoms with Crippen molar-refractivity contribution in [3.05, 3.63) is 41.7 Å². The third-order valence-electron chi connectivity index (χ3n) is 9.84. The molecule has 3 aromatic rings. The number of morpholine rings is 1. The van der Waals surface area contributed by atoms with Crippen LogP contribution in [0.3, 0.4) is 0 Å². The lowest BCUT2D eigenvalue weighted by molar-refractivity contribution is 0.0927. The van der Waals surface area contributed by atoms with Crippen LogP contribution >= 0.6 is 0 Å². The number of nitrogens with zero attached hydrogens (tertiary/aromatic N) is 7. The second kappa shape index (κ2) is 10.4. The number of hydrogen-bond acceptors (Lipinski definition) is 7. The van der Waals surface area contributed by atoms with Gasteiger partial charge in [0.15, 0.2) is 11.5 Å². The minimum Gasteiger partial charge on any atom is -0.377 e. The molecule has 2 aliphatic carbocycles. The molecule has 0 bridgehead atoms. The van der Waals surface area contributed by atoms with Crippen molar-refractivity contribution in [2.75, 3.05) is 36.1 Å². The monoisotopic (exact) mass is 525 g/mol. The van der Waals surface area contributed by atoms with E-state index in [1.165, 1.54) is 56.9 Å². The van der Waals surface area contributed by atoms with Crippen LogP contribution in [0.2, 0.25) is 0 Å². The van der Waals surface area contributed by atoms with Crippen molar-refractivity contribution >= 4 is 22.9 Å². The van der Waals surface area contributed by atoms with Crippen LogP contribution in [0.15, 0.2) is 30.3 Å². The molecular weight excluding hydrogens is 486 g/mol. The quantitative estimate of drug-likeness (QED) is 0.421. The molecule has 2 aliphatic heterocycles. The number of aromatic nitrogens is 4. The van der Waals surface area contributed by atoms with Gasteiger partial charge in [-0.1, -0.05) is 56.5 Å². The molecule has 0 spiro atoms. The number of nitriles is 1. The standard InChI is InChI=1S/C31H39N7O/c1-21-10-12-22(13-11-21)19-38-28-29(33-27(18-32)34-30(28)36-15-14-25(36)23-8-5-9-23)35-31(38)37-16-17-39-20-26(37)24-6-3-2-4-7-24/h2-4,6-7,21-23,25-26H,5,8-17,19-20H2,1H3/t21-,22-,25-,26+/m1/s1. The Morgan fingerprint density at radius 3 is 2.46 bits per heavy atom. The van der Waals surface area contributed by atoms with E-state index in [-0.39, 0.29) is 11.9 Å². The SMILES string of the molecule is C[C@H]1CC[C@H](Cn2c(N3CCOC[C@H]3c3ccccc3)nc3nc(C#N)nc(N4CC[C@@H]4C4CCC4)c32)CC1. The largest absolute Gasteiger partial charge is 0.377 e. The fraction of sp³-hybridized carbons (Fsp3) is 0.613. The van der Waals surface area contributed by atoms with Crippen molar-refractivity contribution in [1.82, 2.24) is 19.5 Å². The molecule has 8 nitrogen and oxygen atoms in total. The zero-order valence-electron chi connectivity index (χ0n) is 23.0. The summed E-state index contributed by atoms with van der Waals surface area (Å²) in [4.78, 5) is 19.7. The van der Waals surface area contributed by atoms with Gasteiger partial charge in [0.25, 0.3) is 0 Å². The maximum atomic E-state index is 9.87. The molecule has 0 amide bonds. The number of hydrogen-bond donors (Lipinski definition) is 0. The minimum atomic E-state index is 0.0838. The van der Waals surface area contributed by atoms with Gasteiger partial charge in [-0.25, -0.2) is 0 Å². The summed E-state index contributed by atoms with van der Waals surface area (Å²) in [6.07, 6.45) is 10.2. The summed E-state index contributed by atoms with van der Waals surface area (Å²) in [6, 6.07) is 13.5. The Hall–Kier alpha value is -3.18. The lowest BCUT2D eigenvalue weighted by Crippen LogP contribution is -2.54. The average molecular weight is 526 g/mol. The molecule has 1 aromatic carbocycles. The lowest BCUT2D eigenvalue weighted by atomic mass is 9.75. The maximum Gasteiger partial charge on any atom is 0.236 e. The highest BCUT2D eigenvalue weighted by molar-refractivity contribution is 5.87. The van der Waals surface area contributed by atoms with Crippen molar-refractivity contribution in [3.63, 3.8) is 0 Å². The van der Waals surface area contributed by atoms with Crippen molar-refractivity contribution < 1.29 is 4.74 Å². The van der Waals surface area contributed by atoms with Gasteiger partial charge in [0.2, 0.25) is 11.8 Å². The molecule has 2 saturated heterocycles. The highest BCUT2D eigenvalue weighted by atomic mass is 16.5. The normalized spacial score (nSPS) is 27.7. The first-order valence-electron chi connectivity index (χ1n) is 15.0. The second-order valence-corrected chi connectivity index (χ2v) is 12.2. The molecule has 2 saturated carbocycles. The Labute approximate surface area is 231 Å². The van der Waals surface area contributed by atoms with Gasteiger partial charge >= 0.3 is 0 Å². The van der Waals surface area contributed by atoms with E-state index in [1.54, 1.807) is 0 Å². The third-order valence-corrected chi connectivity index (χ3v) is 9.84. The average Bonchev–Trinajstić information content (AvgIpc) is 3.29. The molecule has 2 atom stereocenters. The number of benzene rings is 1. The van der Waals surface area contributed by atoms with Gasteiger partial charge in [-0.05, 0) is 55.4 Å². The highest BCUT2D eigenvalue weighted by Crippen LogP contribution is 2.43. The molecule has 4 aliphatic rings. The summed E-state index contributed by atoms with van der Waals surface area (Å²) in [7, 11) is 0. The first kappa shape index (κ1) is 24.8. The highest BCUT2D eigenvalue weighted by Gasteiger charge is 2.41. The number of ether oxygens (including phenoxy) is 1. The van der Waals surface area contributed by atoms with E-state index >= 15 is 0 Å². The summed E-state index contributed by atoms with van der Waals surface area (Å²) in [5.74, 6) is 4.26. The van der Waals surface area contributed by atoms with Gasteiger partial charge in [-0.3, -0.25) is 0 Å². The molecule has 2 aromatic heterocycles. The molecule has 0 N–H and O–H groups in total. The second-order valence-electron chi connectivity index (χ2n) is 12.2. The summed E-state index contributed by atoms with van der Waals surface area (Å²) in [6.45, 7) is 6.36. The van der Waals surface area contributed by atoms with Gasteiger partial charge < -0.3 is 19.1 Å². The number of anilines is 2. The van der Waals surface area contributed by atoms with Gasteiger partial charge in [0.05, 0.1) is 19.3 Å². The van der Waals surface area contributed by atoms with Crippen LogP contribution in [-0.4, -0.2) is 51.9 Å². The Morgan fingerprint density at radius 2 is 1.77 bits per heavy atom. The van der Waals surface area contributed by atoms with E-state index in [2.05, 4.69) is 62.7 Å². The number of imidazole rings is 1. The Balaban J connectivity index is 1.36. The van der Waals surface area contributed by atoms with Crippen LogP contribution in [0.25, 0.3) is 11.2 Å². The zero-order chi connectivity index (χ0) is 26.3. The van der Waals surface area contributed by atoms with Crippen LogP contribution in [0.5, 0.6) is 0 Å². The van der Waals surface area contributed by atoms with Crippen LogP contribution < -0.4 is 9.80 Å². The minimum absolute atomic E-state index is 0.0838. The Morgan fingerprint density at radius 1 is 0.949 bits per heavy atom. The van der Waals surface area contributed by atoms with Crippen LogP contribution in [-0.2, 0) is 11.3 Å². The van der Waals surface area contributed by atoms with E-state index < -0.39 is 0 Å². The Kier molecular flexibility index (Phi) is 6.64. The van der Waals surface area contributed by atoms with Gasteiger partial charge in [-0.2, -0.15) is 20.2 Å². The lowest BCUT2D eigenvalue weighted by Gasteiger charge is -2.49. The fourth-order valence-electron chi connectivity index (χ4n) is 7.20. The molecule has 4 heterocycles. The molecule has 4 fully saturated rings. The van der Waals surface area contributed by atoms with Crippen LogP contribution in [0, 0.1) is 29.1 Å². The van der Waals surface area contributed by atoms with Crippen LogP contribution in [0.4, 0.5) is 11.8 Å². The first-order valence-corrected chi connectivity index (χ1v) is 15.0. The van der Waals surface area contributed by atoms with Crippen LogP contribution in [0.1, 0.15) is 75.7 Å². The first-order chi connectivity index (χ1) is 19.2. The molecule has 7 rings (SSSR count). The van der Waals surface area contributed by atoms with E-state index in [1.807, 2.05) is 0 Å². The van der Waals surface area contributed by atoms with E-state index in [4.69, 9.17) is 14.7 Å².